The fraction of sp³-hybridized carbons (Fsp3) is 0.588. The first kappa shape index (κ1) is 14.9. The number of H-pyrrole nitrogens is 1. The van der Waals surface area contributed by atoms with Gasteiger partial charge in [0.15, 0.2) is 0 Å². The van der Waals surface area contributed by atoms with E-state index in [1.165, 1.54) is 36.2 Å². The second-order valence-electron chi connectivity index (χ2n) is 7.24. The van der Waals surface area contributed by atoms with Gasteiger partial charge in [-0.15, -0.1) is 0 Å². The van der Waals surface area contributed by atoms with Crippen molar-refractivity contribution in [2.24, 2.45) is 0 Å². The standard InChI is InChI=1S/C17H23N7O/c25-17-18-5-6-23(17)12-7-19-24(10-12)13-8-22(9-13)11-16-14-3-1-2-4-15(14)20-21-16/h7,10,13H,1-6,8-9,11H2,(H,18,25)(H,20,21). The molecule has 2 aliphatic heterocycles. The number of hydrogen-bond acceptors (Lipinski definition) is 4. The van der Waals surface area contributed by atoms with Crippen molar-refractivity contribution in [3.8, 4) is 0 Å². The summed E-state index contributed by atoms with van der Waals surface area (Å²) in [5.41, 5.74) is 4.91. The SMILES string of the molecule is O=C1NCCN1c1cnn(C2CN(Cc3n[nH]c4c3CCCC4)C2)c1. The summed E-state index contributed by atoms with van der Waals surface area (Å²) in [4.78, 5) is 15.9. The van der Waals surface area contributed by atoms with Crippen LogP contribution in [0.25, 0.3) is 0 Å². The largest absolute Gasteiger partial charge is 0.336 e. The predicted octanol–water partition coefficient (Wildman–Crippen LogP) is 1.07. The van der Waals surface area contributed by atoms with E-state index in [0.717, 1.165) is 31.7 Å². The molecule has 0 unspecified atom stereocenters. The van der Waals surface area contributed by atoms with Crippen LogP contribution >= 0.6 is 0 Å². The number of fused-ring (bicyclic) bond motifs is 1. The molecule has 0 aromatic carbocycles. The number of nitrogens with zero attached hydrogens (tertiary/aromatic N) is 5. The molecule has 0 radical (unpaired) electrons. The zero-order chi connectivity index (χ0) is 16.8. The molecule has 2 aromatic heterocycles. The molecule has 2 aromatic rings. The van der Waals surface area contributed by atoms with Gasteiger partial charge in [-0.05, 0) is 31.2 Å². The van der Waals surface area contributed by atoms with E-state index >= 15 is 0 Å². The Hall–Kier alpha value is -2.35. The smallest absolute Gasteiger partial charge is 0.322 e. The number of rotatable bonds is 4. The fourth-order valence-electron chi connectivity index (χ4n) is 4.12. The zero-order valence-electron chi connectivity index (χ0n) is 14.2. The average molecular weight is 341 g/mol. The van der Waals surface area contributed by atoms with Gasteiger partial charge in [-0.25, -0.2) is 4.79 Å². The lowest BCUT2D eigenvalue weighted by Gasteiger charge is -2.39. The topological polar surface area (TPSA) is 82.1 Å². The minimum atomic E-state index is -0.0295. The highest BCUT2D eigenvalue weighted by atomic mass is 16.2. The Morgan fingerprint density at radius 2 is 2.12 bits per heavy atom. The Morgan fingerprint density at radius 1 is 1.24 bits per heavy atom. The summed E-state index contributed by atoms with van der Waals surface area (Å²) >= 11 is 0. The molecule has 2 amide bonds. The Labute approximate surface area is 146 Å². The van der Waals surface area contributed by atoms with E-state index in [1.54, 1.807) is 11.1 Å². The van der Waals surface area contributed by atoms with Crippen molar-refractivity contribution < 1.29 is 4.79 Å². The summed E-state index contributed by atoms with van der Waals surface area (Å²) in [7, 11) is 0. The molecule has 8 heteroatoms. The number of likely N-dealkylation sites (tertiary alicyclic amines) is 1. The number of hydrogen-bond donors (Lipinski definition) is 2. The van der Waals surface area contributed by atoms with Gasteiger partial charge in [-0.2, -0.15) is 10.2 Å². The van der Waals surface area contributed by atoms with Gasteiger partial charge in [0.2, 0.25) is 0 Å². The molecule has 25 heavy (non-hydrogen) atoms. The number of aryl methyl sites for hydroxylation is 1. The van der Waals surface area contributed by atoms with Gasteiger partial charge in [0, 0.05) is 44.6 Å². The molecule has 5 rings (SSSR count). The normalized spacial score (nSPS) is 21.3. The molecular formula is C17H23N7O. The molecule has 8 nitrogen and oxygen atoms in total. The molecule has 4 heterocycles. The monoisotopic (exact) mass is 341 g/mol. The van der Waals surface area contributed by atoms with Gasteiger partial charge in [0.1, 0.15) is 0 Å². The lowest BCUT2D eigenvalue weighted by Crippen LogP contribution is -2.47. The Kier molecular flexibility index (Phi) is 3.51. The number of carbonyl (C=O) groups excluding carboxylic acids is 1. The first-order chi connectivity index (χ1) is 12.3. The highest BCUT2D eigenvalue weighted by Crippen LogP contribution is 2.28. The van der Waals surface area contributed by atoms with E-state index in [0.29, 0.717) is 19.1 Å². The van der Waals surface area contributed by atoms with Gasteiger partial charge >= 0.3 is 6.03 Å². The Balaban J connectivity index is 1.20. The van der Waals surface area contributed by atoms with Gasteiger partial charge in [-0.3, -0.25) is 19.6 Å². The van der Waals surface area contributed by atoms with Crippen LogP contribution < -0.4 is 10.2 Å². The fourth-order valence-corrected chi connectivity index (χ4v) is 4.12. The highest BCUT2D eigenvalue weighted by molar-refractivity contribution is 5.93. The number of nitrogens with one attached hydrogen (secondary N) is 2. The van der Waals surface area contributed by atoms with Crippen molar-refractivity contribution >= 4 is 11.7 Å². The van der Waals surface area contributed by atoms with Gasteiger partial charge in [-0.1, -0.05) is 0 Å². The summed E-state index contributed by atoms with van der Waals surface area (Å²) in [6.07, 6.45) is 8.64. The Bertz CT molecular complexity index is 789. The third-order valence-electron chi connectivity index (χ3n) is 5.58. The van der Waals surface area contributed by atoms with Crippen LogP contribution in [0.15, 0.2) is 12.4 Å². The summed E-state index contributed by atoms with van der Waals surface area (Å²) in [6, 6.07) is 0.354. The van der Waals surface area contributed by atoms with Gasteiger partial charge in [0.05, 0.1) is 23.6 Å². The molecule has 3 aliphatic rings. The van der Waals surface area contributed by atoms with E-state index in [9.17, 15) is 4.79 Å². The first-order valence-electron chi connectivity index (χ1n) is 9.15. The first-order valence-corrected chi connectivity index (χ1v) is 9.15. The van der Waals surface area contributed by atoms with Crippen LogP contribution in [-0.2, 0) is 19.4 Å². The van der Waals surface area contributed by atoms with Gasteiger partial charge in [0.25, 0.3) is 0 Å². The lowest BCUT2D eigenvalue weighted by molar-refractivity contribution is 0.0892. The zero-order valence-corrected chi connectivity index (χ0v) is 14.2. The quantitative estimate of drug-likeness (QED) is 0.872. The minimum absolute atomic E-state index is 0.0295. The molecule has 0 saturated carbocycles. The summed E-state index contributed by atoms with van der Waals surface area (Å²) in [5.74, 6) is 0. The van der Waals surface area contributed by atoms with E-state index < -0.39 is 0 Å². The summed E-state index contributed by atoms with van der Waals surface area (Å²) in [5, 5.41) is 15.1. The molecule has 2 N–H and O–H groups in total. The third kappa shape index (κ3) is 2.60. The van der Waals surface area contributed by atoms with Crippen LogP contribution in [0.1, 0.15) is 35.8 Å². The van der Waals surface area contributed by atoms with Crippen LogP contribution in [0.2, 0.25) is 0 Å². The summed E-state index contributed by atoms with van der Waals surface area (Å²) < 4.78 is 2.00. The van der Waals surface area contributed by atoms with Crippen LogP contribution in [0.3, 0.4) is 0 Å². The van der Waals surface area contributed by atoms with Crippen LogP contribution in [0.5, 0.6) is 0 Å². The average Bonchev–Trinajstić information content (AvgIpc) is 3.30. The van der Waals surface area contributed by atoms with Crippen molar-refractivity contribution in [1.82, 2.24) is 30.2 Å². The van der Waals surface area contributed by atoms with Gasteiger partial charge < -0.3 is 5.32 Å². The minimum Gasteiger partial charge on any atom is -0.336 e. The molecule has 0 bridgehead atoms. The number of aromatic nitrogens is 4. The second-order valence-corrected chi connectivity index (χ2v) is 7.24. The molecule has 2 saturated heterocycles. The lowest BCUT2D eigenvalue weighted by atomic mass is 9.95. The highest BCUT2D eigenvalue weighted by Gasteiger charge is 2.31. The van der Waals surface area contributed by atoms with E-state index in [-0.39, 0.29) is 6.03 Å². The van der Waals surface area contributed by atoms with Crippen molar-refractivity contribution in [2.45, 2.75) is 38.3 Å². The maximum absolute atomic E-state index is 11.7. The number of carbonyl (C=O) groups is 1. The molecule has 2 fully saturated rings. The number of urea groups is 1. The maximum atomic E-state index is 11.7. The third-order valence-corrected chi connectivity index (χ3v) is 5.58. The maximum Gasteiger partial charge on any atom is 0.322 e. The molecular weight excluding hydrogens is 318 g/mol. The van der Waals surface area contributed by atoms with Crippen LogP contribution in [0.4, 0.5) is 10.5 Å². The molecule has 132 valence electrons. The molecule has 0 atom stereocenters. The van der Waals surface area contributed by atoms with Crippen LogP contribution in [0, 0.1) is 0 Å². The number of aromatic amines is 1. The van der Waals surface area contributed by atoms with Crippen molar-refractivity contribution in [3.63, 3.8) is 0 Å². The summed E-state index contributed by atoms with van der Waals surface area (Å²) in [6.45, 7) is 4.30. The Morgan fingerprint density at radius 3 is 2.96 bits per heavy atom. The number of anilines is 1. The predicted molar refractivity (Wildman–Crippen MR) is 92.5 cm³/mol. The van der Waals surface area contributed by atoms with Crippen molar-refractivity contribution in [3.05, 3.63) is 29.3 Å². The van der Waals surface area contributed by atoms with E-state index in [4.69, 9.17) is 0 Å². The molecule has 1 aliphatic carbocycles. The molecule has 0 spiro atoms. The van der Waals surface area contributed by atoms with E-state index in [1.807, 2.05) is 10.9 Å². The van der Waals surface area contributed by atoms with E-state index in [2.05, 4.69) is 25.5 Å². The second kappa shape index (κ2) is 5.87. The number of amides is 2. The van der Waals surface area contributed by atoms with Crippen molar-refractivity contribution in [1.29, 1.82) is 0 Å². The van der Waals surface area contributed by atoms with Crippen LogP contribution in [-0.4, -0.2) is 57.1 Å². The van der Waals surface area contributed by atoms with Crippen molar-refractivity contribution in [2.75, 3.05) is 31.1 Å².